The van der Waals surface area contributed by atoms with Crippen molar-refractivity contribution >= 4 is 40.6 Å². The number of hydrogen-bond acceptors (Lipinski definition) is 4. The maximum Gasteiger partial charge on any atom is 0.335 e. The van der Waals surface area contributed by atoms with E-state index in [1.54, 1.807) is 29.2 Å². The lowest BCUT2D eigenvalue weighted by Gasteiger charge is -2.12. The Kier molecular flexibility index (Phi) is 6.24. The van der Waals surface area contributed by atoms with Crippen molar-refractivity contribution in [1.29, 1.82) is 0 Å². The summed E-state index contributed by atoms with van der Waals surface area (Å²) in [4.78, 5) is 30.3. The molecule has 0 spiro atoms. The quantitative estimate of drug-likeness (QED) is 0.572. The summed E-state index contributed by atoms with van der Waals surface area (Å²) in [6.45, 7) is 4.05. The number of allylic oxidation sites excluding steroid dienone is 2. The second-order valence-corrected chi connectivity index (χ2v) is 6.86. The van der Waals surface area contributed by atoms with Crippen LogP contribution in [0.5, 0.6) is 0 Å². The molecule has 1 amide bonds. The number of benzene rings is 2. The summed E-state index contributed by atoms with van der Waals surface area (Å²) in [5, 5.41) is 9.52. The van der Waals surface area contributed by atoms with Crippen molar-refractivity contribution in [2.75, 3.05) is 6.54 Å². The van der Waals surface area contributed by atoms with Crippen LogP contribution in [-0.4, -0.2) is 33.6 Å². The molecule has 0 aromatic heterocycles. The van der Waals surface area contributed by atoms with E-state index in [0.29, 0.717) is 22.3 Å². The molecular formula is C22H18N2O3S. The highest BCUT2D eigenvalue weighted by Gasteiger charge is 2.32. The van der Waals surface area contributed by atoms with Crippen molar-refractivity contribution in [3.05, 3.63) is 95.4 Å². The molecule has 0 aliphatic carbocycles. The summed E-state index contributed by atoms with van der Waals surface area (Å²) in [5.74, 6) is -1.13. The van der Waals surface area contributed by atoms with Gasteiger partial charge in [0.2, 0.25) is 0 Å². The van der Waals surface area contributed by atoms with E-state index in [1.807, 2.05) is 42.5 Å². The first-order valence-electron chi connectivity index (χ1n) is 8.54. The molecule has 0 radical (unpaired) electrons. The number of carboxylic acids is 1. The number of aromatic carboxylic acids is 1. The van der Waals surface area contributed by atoms with E-state index in [9.17, 15) is 9.59 Å². The van der Waals surface area contributed by atoms with E-state index in [2.05, 4.69) is 11.6 Å². The number of amidine groups is 1. The minimum atomic E-state index is -0.992. The minimum Gasteiger partial charge on any atom is -0.478 e. The van der Waals surface area contributed by atoms with Crippen molar-refractivity contribution < 1.29 is 14.7 Å². The van der Waals surface area contributed by atoms with E-state index in [4.69, 9.17) is 5.11 Å². The van der Waals surface area contributed by atoms with Crippen LogP contribution in [0.2, 0.25) is 0 Å². The summed E-state index contributed by atoms with van der Waals surface area (Å²) in [5.41, 5.74) is 1.81. The molecule has 1 fully saturated rings. The van der Waals surface area contributed by atoms with Crippen LogP contribution in [0.25, 0.3) is 6.08 Å². The Labute approximate surface area is 167 Å². The van der Waals surface area contributed by atoms with E-state index in [1.165, 1.54) is 23.9 Å². The number of carboxylic acid groups (broad SMARTS) is 1. The van der Waals surface area contributed by atoms with Crippen LogP contribution in [0, 0.1) is 0 Å². The van der Waals surface area contributed by atoms with Crippen LogP contribution < -0.4 is 0 Å². The molecule has 6 heteroatoms. The van der Waals surface area contributed by atoms with E-state index < -0.39 is 5.97 Å². The number of aliphatic imine (C=N–C) groups is 1. The number of rotatable bonds is 6. The number of nitrogens with zero attached hydrogens (tertiary/aromatic N) is 2. The van der Waals surface area contributed by atoms with Crippen molar-refractivity contribution in [2.24, 2.45) is 4.99 Å². The predicted octanol–water partition coefficient (Wildman–Crippen LogP) is 4.73. The van der Waals surface area contributed by atoms with Crippen molar-refractivity contribution in [1.82, 2.24) is 4.90 Å². The number of amides is 1. The van der Waals surface area contributed by atoms with Crippen molar-refractivity contribution in [3.63, 3.8) is 0 Å². The van der Waals surface area contributed by atoms with E-state index in [-0.39, 0.29) is 11.5 Å². The van der Waals surface area contributed by atoms with Gasteiger partial charge in [-0.15, -0.1) is 6.58 Å². The molecule has 28 heavy (non-hydrogen) atoms. The summed E-state index contributed by atoms with van der Waals surface area (Å²) in [6.07, 6.45) is 7.18. The second kappa shape index (κ2) is 9.01. The Hall–Kier alpha value is -3.38. The Bertz CT molecular complexity index is 977. The summed E-state index contributed by atoms with van der Waals surface area (Å²) in [6, 6.07) is 16.0. The molecule has 1 saturated heterocycles. The molecule has 5 nitrogen and oxygen atoms in total. The first-order chi connectivity index (χ1) is 13.6. The highest BCUT2D eigenvalue weighted by Crippen LogP contribution is 2.32. The lowest BCUT2D eigenvalue weighted by atomic mass is 10.2. The first-order valence-corrected chi connectivity index (χ1v) is 9.36. The van der Waals surface area contributed by atoms with Gasteiger partial charge in [0.1, 0.15) is 0 Å². The van der Waals surface area contributed by atoms with Gasteiger partial charge < -0.3 is 5.11 Å². The lowest BCUT2D eigenvalue weighted by Crippen LogP contribution is -2.29. The Morgan fingerprint density at radius 2 is 1.86 bits per heavy atom. The monoisotopic (exact) mass is 390 g/mol. The van der Waals surface area contributed by atoms with Crippen molar-refractivity contribution in [2.45, 2.75) is 0 Å². The zero-order chi connectivity index (χ0) is 19.9. The molecule has 1 aliphatic rings. The fraction of sp³-hybridized carbons (Fsp3) is 0.0455. The topological polar surface area (TPSA) is 70.0 Å². The van der Waals surface area contributed by atoms with Crippen LogP contribution in [0.3, 0.4) is 0 Å². The van der Waals surface area contributed by atoms with Gasteiger partial charge in [0.05, 0.1) is 16.2 Å². The molecule has 140 valence electrons. The fourth-order valence-corrected chi connectivity index (χ4v) is 3.45. The largest absolute Gasteiger partial charge is 0.478 e. The van der Waals surface area contributed by atoms with Gasteiger partial charge >= 0.3 is 5.97 Å². The summed E-state index contributed by atoms with van der Waals surface area (Å²) in [7, 11) is 0. The fourth-order valence-electron chi connectivity index (χ4n) is 2.50. The zero-order valence-corrected chi connectivity index (χ0v) is 15.8. The molecular weight excluding hydrogens is 372 g/mol. The van der Waals surface area contributed by atoms with Gasteiger partial charge in [0, 0.05) is 6.54 Å². The number of hydrogen-bond donors (Lipinski definition) is 1. The SMILES string of the molecule is C=CCN1C(=O)/C(=C/C=C/c2ccccc2)SC1=Nc1ccc(C(=O)O)cc1. The van der Waals surface area contributed by atoms with Crippen LogP contribution in [0.1, 0.15) is 15.9 Å². The molecule has 0 bridgehead atoms. The Morgan fingerprint density at radius 1 is 1.14 bits per heavy atom. The van der Waals surface area contributed by atoms with Gasteiger partial charge in [-0.2, -0.15) is 0 Å². The molecule has 1 heterocycles. The van der Waals surface area contributed by atoms with E-state index >= 15 is 0 Å². The average Bonchev–Trinajstić information content (AvgIpc) is 2.98. The first kappa shape index (κ1) is 19.4. The standard InChI is InChI=1S/C22H18N2O3S/c1-2-15-24-20(25)19(10-6-9-16-7-4-3-5-8-16)28-22(24)23-18-13-11-17(12-14-18)21(26)27/h2-14H,1,15H2,(H,26,27)/b9-6+,19-10-,23-22?. The van der Waals surface area contributed by atoms with Crippen LogP contribution >= 0.6 is 11.8 Å². The third-order valence-corrected chi connectivity index (χ3v) is 4.90. The minimum absolute atomic E-state index is 0.136. The van der Waals surface area contributed by atoms with Gasteiger partial charge in [0.25, 0.3) is 5.91 Å². The number of thioether (sulfide) groups is 1. The van der Waals surface area contributed by atoms with E-state index in [0.717, 1.165) is 5.56 Å². The molecule has 1 aliphatic heterocycles. The molecule has 1 N–H and O–H groups in total. The Morgan fingerprint density at radius 3 is 2.50 bits per heavy atom. The average molecular weight is 390 g/mol. The molecule has 0 saturated carbocycles. The number of carbonyl (C=O) groups excluding carboxylic acids is 1. The maximum atomic E-state index is 12.7. The maximum absolute atomic E-state index is 12.7. The van der Waals surface area contributed by atoms with Gasteiger partial charge in [-0.25, -0.2) is 9.79 Å². The normalized spacial score (nSPS) is 17.0. The van der Waals surface area contributed by atoms with Crippen LogP contribution in [0.4, 0.5) is 5.69 Å². The zero-order valence-electron chi connectivity index (χ0n) is 15.0. The summed E-state index contributed by atoms with van der Waals surface area (Å²) < 4.78 is 0. The molecule has 0 unspecified atom stereocenters. The third-order valence-electron chi connectivity index (χ3n) is 3.87. The van der Waals surface area contributed by atoms with Gasteiger partial charge in [-0.3, -0.25) is 9.69 Å². The van der Waals surface area contributed by atoms with Gasteiger partial charge in [-0.1, -0.05) is 48.6 Å². The van der Waals surface area contributed by atoms with Gasteiger partial charge in [0.15, 0.2) is 5.17 Å². The number of carbonyl (C=O) groups is 2. The molecule has 2 aromatic carbocycles. The second-order valence-electron chi connectivity index (χ2n) is 5.85. The smallest absolute Gasteiger partial charge is 0.335 e. The highest BCUT2D eigenvalue weighted by molar-refractivity contribution is 8.18. The molecule has 0 atom stereocenters. The van der Waals surface area contributed by atoms with Crippen LogP contribution in [0.15, 0.2) is 89.3 Å². The van der Waals surface area contributed by atoms with Gasteiger partial charge in [-0.05, 0) is 47.7 Å². The van der Waals surface area contributed by atoms with Crippen LogP contribution in [-0.2, 0) is 4.79 Å². The lowest BCUT2D eigenvalue weighted by molar-refractivity contribution is -0.121. The molecule has 3 rings (SSSR count). The Balaban J connectivity index is 1.83. The predicted molar refractivity (Wildman–Crippen MR) is 114 cm³/mol. The summed E-state index contributed by atoms with van der Waals surface area (Å²) >= 11 is 1.28. The highest BCUT2D eigenvalue weighted by atomic mass is 32.2. The van der Waals surface area contributed by atoms with Crippen molar-refractivity contribution in [3.8, 4) is 0 Å². The molecule has 2 aromatic rings. The third kappa shape index (κ3) is 4.66.